The van der Waals surface area contributed by atoms with E-state index in [4.69, 9.17) is 9.15 Å². The second-order valence-electron chi connectivity index (χ2n) is 10.4. The number of carbonyl (C=O) groups is 3. The third-order valence-electron chi connectivity index (χ3n) is 6.98. The number of nitrogens with one attached hydrogen (secondary N) is 1. The Morgan fingerprint density at radius 3 is 2.07 bits per heavy atom. The quantitative estimate of drug-likeness (QED) is 0.0784. The Bertz CT molecular complexity index is 1940. The van der Waals surface area contributed by atoms with Gasteiger partial charge in [0.1, 0.15) is 17.1 Å². The Hall–Kier alpha value is -5.52. The molecule has 2 heterocycles. The minimum absolute atomic E-state index is 0.0779. The molecule has 0 saturated carbocycles. The lowest BCUT2D eigenvalue weighted by atomic mass is 10.1. The molecule has 12 heteroatoms. The van der Waals surface area contributed by atoms with E-state index in [2.05, 4.69) is 11.1 Å². The zero-order valence-corrected chi connectivity index (χ0v) is 24.5. The summed E-state index contributed by atoms with van der Waals surface area (Å²) < 4.78 is 50.7. The van der Waals surface area contributed by atoms with Crippen LogP contribution >= 0.6 is 0 Å². The Kier molecular flexibility index (Phi) is 9.46. The van der Waals surface area contributed by atoms with Crippen LogP contribution in [-0.4, -0.2) is 36.5 Å². The predicted molar refractivity (Wildman–Crippen MR) is 163 cm³/mol. The van der Waals surface area contributed by atoms with Crippen LogP contribution in [0.1, 0.15) is 39.1 Å². The molecule has 6 rings (SSSR count). The van der Waals surface area contributed by atoms with Crippen molar-refractivity contribution in [2.75, 3.05) is 6.54 Å². The van der Waals surface area contributed by atoms with E-state index >= 15 is 0 Å². The number of aryl methyl sites for hydroxylation is 1. The highest BCUT2D eigenvalue weighted by atomic mass is 19.5. The fourth-order valence-electron chi connectivity index (χ4n) is 4.92. The monoisotopic (exact) mass is 630 g/mol. The van der Waals surface area contributed by atoms with Gasteiger partial charge in [-0.15, -0.1) is 0 Å². The summed E-state index contributed by atoms with van der Waals surface area (Å²) in [6.07, 6.45) is 0.397. The number of carbonyl (C=O) groups excluding carboxylic acids is 3. The van der Waals surface area contributed by atoms with Gasteiger partial charge in [-0.05, 0) is 49.7 Å². The van der Waals surface area contributed by atoms with Gasteiger partial charge < -0.3 is 26.4 Å². The summed E-state index contributed by atoms with van der Waals surface area (Å²) in [6, 6.07) is 31.9. The van der Waals surface area contributed by atoms with Gasteiger partial charge in [-0.25, -0.2) is 4.99 Å². The summed E-state index contributed by atoms with van der Waals surface area (Å²) in [7, 11) is -6.00. The summed E-state index contributed by atoms with van der Waals surface area (Å²) in [5.41, 5.74) is 4.49. The molecule has 0 radical (unpaired) electrons. The van der Waals surface area contributed by atoms with Crippen molar-refractivity contribution >= 4 is 41.7 Å². The van der Waals surface area contributed by atoms with Crippen molar-refractivity contribution in [2.24, 2.45) is 0 Å². The van der Waals surface area contributed by atoms with Crippen molar-refractivity contribution < 1.29 is 45.8 Å². The summed E-state index contributed by atoms with van der Waals surface area (Å²) >= 11 is 0. The fraction of sp³-hybridized carbons (Fsp3) is 0.118. The highest BCUT2D eigenvalue weighted by molar-refractivity contribution is 6.50. The molecule has 1 aliphatic rings. The van der Waals surface area contributed by atoms with Crippen LogP contribution in [0.15, 0.2) is 108 Å². The molecular weight excluding hydrogens is 603 g/mol. The average Bonchev–Trinajstić information content (AvgIpc) is 3.26. The summed E-state index contributed by atoms with van der Waals surface area (Å²) in [6.45, 7) is 2.20. The summed E-state index contributed by atoms with van der Waals surface area (Å²) in [5, 5.41) is 1.85. The molecule has 234 valence electrons. The Morgan fingerprint density at radius 1 is 0.826 bits per heavy atom. The van der Waals surface area contributed by atoms with E-state index in [-0.39, 0.29) is 24.8 Å². The van der Waals surface area contributed by atoms with Crippen molar-refractivity contribution in [1.82, 2.24) is 4.90 Å². The van der Waals surface area contributed by atoms with Crippen molar-refractivity contribution in [3.63, 3.8) is 0 Å². The number of nitrogens with zero attached hydrogens (tertiary/aromatic N) is 1. The van der Waals surface area contributed by atoms with Crippen molar-refractivity contribution in [3.05, 3.63) is 125 Å². The molecule has 5 aromatic rings. The predicted octanol–water partition coefficient (Wildman–Crippen LogP) is 6.00. The minimum atomic E-state index is -6.00. The van der Waals surface area contributed by atoms with Gasteiger partial charge in [-0.2, -0.15) is 0 Å². The van der Waals surface area contributed by atoms with Crippen LogP contribution in [0, 0.1) is 6.92 Å². The molecule has 2 amide bonds. The number of hydrogen-bond donors (Lipinski definition) is 1. The van der Waals surface area contributed by atoms with Gasteiger partial charge in [-0.1, -0.05) is 54.1 Å². The first kappa shape index (κ1) is 31.9. The van der Waals surface area contributed by atoms with E-state index in [0.29, 0.717) is 23.3 Å². The van der Waals surface area contributed by atoms with Gasteiger partial charge >= 0.3 is 13.2 Å². The fourth-order valence-corrected chi connectivity index (χ4v) is 4.92. The number of rotatable bonds is 7. The number of hydrogen-bond acceptors (Lipinski definition) is 5. The number of fused-ring (bicyclic) bond motifs is 2. The molecule has 46 heavy (non-hydrogen) atoms. The van der Waals surface area contributed by atoms with Crippen LogP contribution in [0.4, 0.5) is 23.0 Å². The Morgan fingerprint density at radius 2 is 1.43 bits per heavy atom. The van der Waals surface area contributed by atoms with Crippen LogP contribution in [0.5, 0.6) is 5.75 Å². The van der Waals surface area contributed by atoms with Gasteiger partial charge in [-0.3, -0.25) is 19.3 Å². The van der Waals surface area contributed by atoms with Gasteiger partial charge in [0, 0.05) is 30.7 Å². The second-order valence-corrected chi connectivity index (χ2v) is 10.4. The third kappa shape index (κ3) is 7.95. The zero-order chi connectivity index (χ0) is 32.8. The second kappa shape index (κ2) is 13.6. The maximum Gasteiger partial charge on any atom is 0.673 e. The van der Waals surface area contributed by atoms with E-state index in [1.54, 1.807) is 36.4 Å². The van der Waals surface area contributed by atoms with Gasteiger partial charge in [0.15, 0.2) is 0 Å². The summed E-state index contributed by atoms with van der Waals surface area (Å²) in [5.74, 6) is 0.0770. The van der Waals surface area contributed by atoms with Crippen LogP contribution in [0.3, 0.4) is 0 Å². The van der Waals surface area contributed by atoms with E-state index < -0.39 is 13.2 Å². The highest BCUT2D eigenvalue weighted by Crippen LogP contribution is 2.24. The van der Waals surface area contributed by atoms with Crippen LogP contribution < -0.4 is 15.1 Å². The first-order valence-electron chi connectivity index (χ1n) is 14.3. The van der Waals surface area contributed by atoms with E-state index in [1.807, 2.05) is 67.6 Å². The number of esters is 1. The lowest BCUT2D eigenvalue weighted by molar-refractivity contribution is -0.400. The molecule has 1 aliphatic heterocycles. The van der Waals surface area contributed by atoms with Crippen molar-refractivity contribution in [2.45, 2.75) is 19.8 Å². The number of amides is 2. The smallest absolute Gasteiger partial charge is 0.456 e. The van der Waals surface area contributed by atoms with Gasteiger partial charge in [0.25, 0.3) is 11.8 Å². The van der Waals surface area contributed by atoms with Crippen molar-refractivity contribution in [3.8, 4) is 17.1 Å². The third-order valence-corrected chi connectivity index (χ3v) is 6.98. The first-order valence-corrected chi connectivity index (χ1v) is 14.3. The van der Waals surface area contributed by atoms with Crippen LogP contribution in [0.25, 0.3) is 22.3 Å². The number of benzene rings is 4. The molecule has 0 atom stereocenters. The molecule has 7 nitrogen and oxygen atoms in total. The lowest BCUT2D eigenvalue weighted by Crippen LogP contribution is -2.70. The molecule has 0 aliphatic carbocycles. The maximum absolute atomic E-state index is 12.5. The van der Waals surface area contributed by atoms with E-state index in [1.165, 1.54) is 4.90 Å². The van der Waals surface area contributed by atoms with Crippen LogP contribution in [0.2, 0.25) is 0 Å². The molecule has 1 N–H and O–H groups in total. The molecule has 4 aromatic carbocycles. The molecule has 0 bridgehead atoms. The normalized spacial score (nSPS) is 13.0. The molecule has 0 spiro atoms. The minimum Gasteiger partial charge on any atom is -0.456 e. The molecule has 1 aromatic heterocycles. The van der Waals surface area contributed by atoms with Crippen LogP contribution in [-0.2, 0) is 4.79 Å². The lowest BCUT2D eigenvalue weighted by Gasteiger charge is -2.13. The molecule has 0 fully saturated rings. The van der Waals surface area contributed by atoms with E-state index in [9.17, 15) is 31.6 Å². The average molecular weight is 630 g/mol. The molecule has 0 unspecified atom stereocenters. The number of ether oxygens (including phenoxy) is 1. The molecule has 0 saturated heterocycles. The van der Waals surface area contributed by atoms with Gasteiger partial charge in [0.05, 0.1) is 22.6 Å². The van der Waals surface area contributed by atoms with E-state index in [0.717, 1.165) is 38.9 Å². The molecular formula is C34H27BF4N2O5. The standard InChI is InChI=1S/C34H26N2O5.BF4/c1-22-13-18-30-28(20-22)29(21-31(41-30)23-8-3-2-4-9-23)35-24-14-16-25(17-15-24)40-32(37)12-7-19-36-33(38)26-10-5-6-11-27(26)34(36)39;2-1(3,4)5/h2-6,8-11,13-18,20-21H,7,12,19H2,1H3;/q;-1/p+1. The number of imide groups is 1. The Balaban J connectivity index is 0.000000775. The topological polar surface area (TPSA) is 90.8 Å². The first-order chi connectivity index (χ1) is 22.0. The zero-order valence-electron chi connectivity index (χ0n) is 24.5. The van der Waals surface area contributed by atoms with Gasteiger partial charge in [0.2, 0.25) is 11.0 Å². The SMILES string of the molecule is Cc1ccc2oc(-c3ccccc3)cc(=[NH+]c3ccc(OC(=O)CCCN4C(=O)c5ccccc5C4=O)cc3)c2c1.F[B-](F)(F)F. The number of halogens is 4. The highest BCUT2D eigenvalue weighted by Gasteiger charge is 2.34. The Labute approximate surface area is 260 Å². The maximum atomic E-state index is 12.5. The van der Waals surface area contributed by atoms with Crippen molar-refractivity contribution in [1.29, 1.82) is 0 Å². The summed E-state index contributed by atoms with van der Waals surface area (Å²) in [4.78, 5) is 42.1. The largest absolute Gasteiger partial charge is 0.673 e.